The van der Waals surface area contributed by atoms with Crippen LogP contribution in [0.3, 0.4) is 0 Å². The quantitative estimate of drug-likeness (QED) is 0.691. The Morgan fingerprint density at radius 1 is 1.71 bits per heavy atom. The lowest BCUT2D eigenvalue weighted by atomic mass is 10.00. The van der Waals surface area contributed by atoms with Gasteiger partial charge in [-0.2, -0.15) is 0 Å². The van der Waals surface area contributed by atoms with Gasteiger partial charge in [0.25, 0.3) is 0 Å². The van der Waals surface area contributed by atoms with E-state index in [4.69, 9.17) is 5.73 Å². The molecule has 0 spiro atoms. The predicted molar refractivity (Wildman–Crippen MR) is 56.1 cm³/mol. The minimum Gasteiger partial charge on any atom is -0.398 e. The molecule has 14 heavy (non-hydrogen) atoms. The first-order valence-corrected chi connectivity index (χ1v) is 4.55. The van der Waals surface area contributed by atoms with Crippen LogP contribution in [-0.4, -0.2) is 24.4 Å². The summed E-state index contributed by atoms with van der Waals surface area (Å²) in [5.41, 5.74) is 6.68. The van der Waals surface area contributed by atoms with Crippen LogP contribution in [0.5, 0.6) is 0 Å². The van der Waals surface area contributed by atoms with Crippen LogP contribution >= 0.6 is 0 Å². The number of ketones is 1. The number of anilines is 1. The Bertz CT molecular complexity index is 325. The summed E-state index contributed by atoms with van der Waals surface area (Å²) >= 11 is 0. The third-order valence-corrected chi connectivity index (χ3v) is 2.08. The van der Waals surface area contributed by atoms with E-state index in [1.165, 1.54) is 6.20 Å². The van der Waals surface area contributed by atoms with Gasteiger partial charge in [0.2, 0.25) is 0 Å². The fourth-order valence-electron chi connectivity index (χ4n) is 1.28. The number of nitrogens with zero attached hydrogens (tertiary/aromatic N) is 1. The highest BCUT2D eigenvalue weighted by Gasteiger charge is 2.16. The predicted octanol–water partition coefficient (Wildman–Crippen LogP) is 0.702. The van der Waals surface area contributed by atoms with Crippen molar-refractivity contribution in [3.05, 3.63) is 24.0 Å². The fraction of sp³-hybridized carbons (Fsp3) is 0.400. The number of pyridine rings is 1. The van der Waals surface area contributed by atoms with Crippen LogP contribution in [0, 0.1) is 5.92 Å². The monoisotopic (exact) mass is 193 g/mol. The average Bonchev–Trinajstić information content (AvgIpc) is 2.18. The standard InChI is InChI=1S/C10H15N3O/c1-7(5-12-2)10(14)8-6-13-4-3-9(8)11/h3-4,6-7,12H,5H2,1-2H3,(H2,11,13). The highest BCUT2D eigenvalue weighted by molar-refractivity contribution is 6.01. The second-order valence-electron chi connectivity index (χ2n) is 3.29. The molecule has 1 aromatic rings. The molecule has 1 heterocycles. The van der Waals surface area contributed by atoms with E-state index in [1.807, 2.05) is 14.0 Å². The van der Waals surface area contributed by atoms with Crippen molar-refractivity contribution >= 4 is 11.5 Å². The molecular weight excluding hydrogens is 178 g/mol. The number of Topliss-reactive ketones (excluding diaryl/α,β-unsaturated/α-hetero) is 1. The normalized spacial score (nSPS) is 12.4. The van der Waals surface area contributed by atoms with Gasteiger partial charge in [-0.3, -0.25) is 9.78 Å². The number of rotatable bonds is 4. The van der Waals surface area contributed by atoms with Gasteiger partial charge in [-0.1, -0.05) is 6.92 Å². The van der Waals surface area contributed by atoms with Crippen LogP contribution in [-0.2, 0) is 0 Å². The minimum atomic E-state index is -0.0773. The molecule has 0 aromatic carbocycles. The van der Waals surface area contributed by atoms with E-state index in [2.05, 4.69) is 10.3 Å². The van der Waals surface area contributed by atoms with Crippen LogP contribution < -0.4 is 11.1 Å². The smallest absolute Gasteiger partial charge is 0.170 e. The summed E-state index contributed by atoms with van der Waals surface area (Å²) in [5, 5.41) is 2.96. The van der Waals surface area contributed by atoms with Gasteiger partial charge in [-0.05, 0) is 13.1 Å². The molecule has 1 unspecified atom stereocenters. The molecule has 3 N–H and O–H groups in total. The SMILES string of the molecule is CNCC(C)C(=O)c1cnccc1N. The molecular formula is C10H15N3O. The Kier molecular flexibility index (Phi) is 3.59. The molecule has 0 aliphatic rings. The van der Waals surface area contributed by atoms with Gasteiger partial charge < -0.3 is 11.1 Å². The van der Waals surface area contributed by atoms with Crippen molar-refractivity contribution in [1.29, 1.82) is 0 Å². The summed E-state index contributed by atoms with van der Waals surface area (Å²) < 4.78 is 0. The highest BCUT2D eigenvalue weighted by Crippen LogP contribution is 2.13. The number of nitrogens with two attached hydrogens (primary N) is 1. The number of hydrogen-bond acceptors (Lipinski definition) is 4. The number of carbonyl (C=O) groups is 1. The van der Waals surface area contributed by atoms with E-state index >= 15 is 0 Å². The molecule has 0 amide bonds. The van der Waals surface area contributed by atoms with Crippen LogP contribution in [0.2, 0.25) is 0 Å². The van der Waals surface area contributed by atoms with Gasteiger partial charge in [0, 0.05) is 30.5 Å². The second-order valence-corrected chi connectivity index (χ2v) is 3.29. The van der Waals surface area contributed by atoms with E-state index in [0.717, 1.165) is 0 Å². The second kappa shape index (κ2) is 4.72. The van der Waals surface area contributed by atoms with Crippen molar-refractivity contribution in [3.8, 4) is 0 Å². The maximum Gasteiger partial charge on any atom is 0.170 e. The summed E-state index contributed by atoms with van der Waals surface area (Å²) in [6.07, 6.45) is 3.10. The van der Waals surface area contributed by atoms with Gasteiger partial charge in [-0.25, -0.2) is 0 Å². The first-order chi connectivity index (χ1) is 6.66. The Balaban J connectivity index is 2.84. The topological polar surface area (TPSA) is 68.0 Å². The van der Waals surface area contributed by atoms with Crippen molar-refractivity contribution in [3.63, 3.8) is 0 Å². The first-order valence-electron chi connectivity index (χ1n) is 4.55. The summed E-state index contributed by atoms with van der Waals surface area (Å²) in [6.45, 7) is 2.51. The van der Waals surface area contributed by atoms with Crippen molar-refractivity contribution < 1.29 is 4.79 Å². The maximum absolute atomic E-state index is 11.8. The first kappa shape index (κ1) is 10.7. The molecule has 1 rings (SSSR count). The molecule has 0 fully saturated rings. The third-order valence-electron chi connectivity index (χ3n) is 2.08. The van der Waals surface area contributed by atoms with E-state index in [1.54, 1.807) is 12.3 Å². The third kappa shape index (κ3) is 2.29. The Labute approximate surface area is 83.5 Å². The lowest BCUT2D eigenvalue weighted by molar-refractivity contribution is 0.0930. The molecule has 0 aliphatic heterocycles. The maximum atomic E-state index is 11.8. The van der Waals surface area contributed by atoms with E-state index in [9.17, 15) is 4.79 Å². The number of nitrogen functional groups attached to an aromatic ring is 1. The Hall–Kier alpha value is -1.42. The summed E-state index contributed by atoms with van der Waals surface area (Å²) in [7, 11) is 1.82. The molecule has 0 radical (unpaired) electrons. The van der Waals surface area contributed by atoms with Crippen molar-refractivity contribution in [2.75, 3.05) is 19.3 Å². The van der Waals surface area contributed by atoms with Crippen molar-refractivity contribution in [1.82, 2.24) is 10.3 Å². The molecule has 4 nitrogen and oxygen atoms in total. The minimum absolute atomic E-state index is 0.0324. The lowest BCUT2D eigenvalue weighted by Crippen LogP contribution is -2.24. The molecule has 1 aromatic heterocycles. The fourth-order valence-corrected chi connectivity index (χ4v) is 1.28. The van der Waals surface area contributed by atoms with Gasteiger partial charge in [0.05, 0.1) is 5.56 Å². The molecule has 0 bridgehead atoms. The van der Waals surface area contributed by atoms with Crippen molar-refractivity contribution in [2.45, 2.75) is 6.92 Å². The zero-order chi connectivity index (χ0) is 10.6. The van der Waals surface area contributed by atoms with Gasteiger partial charge in [-0.15, -0.1) is 0 Å². The molecule has 0 saturated carbocycles. The molecule has 0 saturated heterocycles. The Morgan fingerprint density at radius 2 is 2.43 bits per heavy atom. The van der Waals surface area contributed by atoms with E-state index in [0.29, 0.717) is 17.8 Å². The number of carbonyl (C=O) groups excluding carboxylic acids is 1. The molecule has 1 atom stereocenters. The van der Waals surface area contributed by atoms with Crippen LogP contribution in [0.25, 0.3) is 0 Å². The summed E-state index contributed by atoms with van der Waals surface area (Å²) in [4.78, 5) is 15.7. The highest BCUT2D eigenvalue weighted by atomic mass is 16.1. The lowest BCUT2D eigenvalue weighted by Gasteiger charge is -2.10. The molecule has 0 aliphatic carbocycles. The number of hydrogen-bond donors (Lipinski definition) is 2. The van der Waals surface area contributed by atoms with Gasteiger partial charge >= 0.3 is 0 Å². The number of aromatic nitrogens is 1. The van der Waals surface area contributed by atoms with Gasteiger partial charge in [0.1, 0.15) is 0 Å². The van der Waals surface area contributed by atoms with Gasteiger partial charge in [0.15, 0.2) is 5.78 Å². The zero-order valence-corrected chi connectivity index (χ0v) is 8.45. The molecule has 4 heteroatoms. The number of nitrogens with one attached hydrogen (secondary N) is 1. The summed E-state index contributed by atoms with van der Waals surface area (Å²) in [6, 6.07) is 1.64. The van der Waals surface area contributed by atoms with Crippen LogP contribution in [0.4, 0.5) is 5.69 Å². The van der Waals surface area contributed by atoms with E-state index < -0.39 is 0 Å². The van der Waals surface area contributed by atoms with Crippen molar-refractivity contribution in [2.24, 2.45) is 5.92 Å². The zero-order valence-electron chi connectivity index (χ0n) is 8.45. The van der Waals surface area contributed by atoms with E-state index in [-0.39, 0.29) is 11.7 Å². The van der Waals surface area contributed by atoms with Crippen LogP contribution in [0.15, 0.2) is 18.5 Å². The molecule has 76 valence electrons. The summed E-state index contributed by atoms with van der Waals surface area (Å²) in [5.74, 6) is -0.0450. The van der Waals surface area contributed by atoms with Crippen LogP contribution in [0.1, 0.15) is 17.3 Å². The average molecular weight is 193 g/mol. The Morgan fingerprint density at radius 3 is 3.00 bits per heavy atom. The largest absolute Gasteiger partial charge is 0.398 e.